The smallest absolute Gasteiger partial charge is 0.223 e. The first-order chi connectivity index (χ1) is 9.08. The first kappa shape index (κ1) is 14.8. The Balaban J connectivity index is 1.89. The Morgan fingerprint density at radius 1 is 1.21 bits per heavy atom. The van der Waals surface area contributed by atoms with Gasteiger partial charge in [-0.2, -0.15) is 0 Å². The van der Waals surface area contributed by atoms with Crippen LogP contribution in [0.1, 0.15) is 59.3 Å². The molecule has 2 aliphatic rings. The van der Waals surface area contributed by atoms with E-state index in [2.05, 4.69) is 31.4 Å². The highest BCUT2D eigenvalue weighted by atomic mass is 16.1. The Kier molecular flexibility index (Phi) is 5.26. The van der Waals surface area contributed by atoms with Crippen LogP contribution in [0.5, 0.6) is 0 Å². The lowest BCUT2D eigenvalue weighted by Crippen LogP contribution is -2.49. The summed E-state index contributed by atoms with van der Waals surface area (Å²) in [4.78, 5) is 12.4. The van der Waals surface area contributed by atoms with Crippen LogP contribution in [0.2, 0.25) is 0 Å². The summed E-state index contributed by atoms with van der Waals surface area (Å²) in [6, 6.07) is 0.906. The molecule has 0 bridgehead atoms. The van der Waals surface area contributed by atoms with Crippen LogP contribution in [0.4, 0.5) is 0 Å². The topological polar surface area (TPSA) is 41.1 Å². The van der Waals surface area contributed by atoms with E-state index in [4.69, 9.17) is 0 Å². The van der Waals surface area contributed by atoms with Crippen LogP contribution in [0.25, 0.3) is 0 Å². The highest BCUT2D eigenvalue weighted by Gasteiger charge is 2.31. The summed E-state index contributed by atoms with van der Waals surface area (Å²) in [6.07, 6.45) is 7.05. The first-order valence-electron chi connectivity index (χ1n) is 8.11. The molecule has 2 N–H and O–H groups in total. The van der Waals surface area contributed by atoms with Crippen LogP contribution in [-0.4, -0.2) is 24.5 Å². The van der Waals surface area contributed by atoms with Gasteiger partial charge in [0.15, 0.2) is 0 Å². The van der Waals surface area contributed by atoms with Crippen molar-refractivity contribution >= 4 is 5.91 Å². The fraction of sp³-hybridized carbons (Fsp3) is 0.938. The SMILES string of the molecule is CC1CC(C(=O)NC2CCCCC2C(C)C)CCN1. The number of rotatable bonds is 3. The maximum atomic E-state index is 12.4. The molecule has 0 spiro atoms. The van der Waals surface area contributed by atoms with E-state index in [0.29, 0.717) is 29.8 Å². The molecule has 0 aromatic carbocycles. The number of nitrogens with one attached hydrogen (secondary N) is 2. The molecule has 1 amide bonds. The molecule has 110 valence electrons. The zero-order chi connectivity index (χ0) is 13.8. The molecule has 1 aliphatic heterocycles. The van der Waals surface area contributed by atoms with Crippen molar-refractivity contribution < 1.29 is 4.79 Å². The molecule has 4 atom stereocenters. The summed E-state index contributed by atoms with van der Waals surface area (Å²) in [5.74, 6) is 1.89. The van der Waals surface area contributed by atoms with E-state index in [1.807, 2.05) is 0 Å². The molecule has 0 radical (unpaired) electrons. The van der Waals surface area contributed by atoms with Crippen molar-refractivity contribution in [3.8, 4) is 0 Å². The van der Waals surface area contributed by atoms with Gasteiger partial charge in [-0.15, -0.1) is 0 Å². The van der Waals surface area contributed by atoms with Crippen molar-refractivity contribution in [1.29, 1.82) is 0 Å². The van der Waals surface area contributed by atoms with Crippen molar-refractivity contribution in [2.24, 2.45) is 17.8 Å². The van der Waals surface area contributed by atoms with Crippen LogP contribution in [0.15, 0.2) is 0 Å². The van der Waals surface area contributed by atoms with Gasteiger partial charge in [-0.3, -0.25) is 4.79 Å². The monoisotopic (exact) mass is 266 g/mol. The molecule has 0 aromatic heterocycles. The lowest BCUT2D eigenvalue weighted by Gasteiger charge is -2.36. The van der Waals surface area contributed by atoms with E-state index in [1.165, 1.54) is 25.7 Å². The molecular weight excluding hydrogens is 236 g/mol. The normalized spacial score (nSPS) is 36.2. The lowest BCUT2D eigenvalue weighted by molar-refractivity contribution is -0.127. The van der Waals surface area contributed by atoms with E-state index in [1.54, 1.807) is 0 Å². The standard InChI is InChI=1S/C16H30N2O/c1-11(2)14-6-4-5-7-15(14)18-16(19)13-8-9-17-12(3)10-13/h11-15,17H,4-10H2,1-3H3,(H,18,19). The number of amides is 1. The highest BCUT2D eigenvalue weighted by molar-refractivity contribution is 5.79. The third-order valence-corrected chi connectivity index (χ3v) is 5.00. The molecule has 1 heterocycles. The van der Waals surface area contributed by atoms with Crippen molar-refractivity contribution in [2.45, 2.75) is 71.4 Å². The van der Waals surface area contributed by atoms with Gasteiger partial charge in [0, 0.05) is 18.0 Å². The number of hydrogen-bond donors (Lipinski definition) is 2. The second kappa shape index (κ2) is 6.74. The van der Waals surface area contributed by atoms with Gasteiger partial charge in [0.2, 0.25) is 5.91 Å². The van der Waals surface area contributed by atoms with Crippen LogP contribution >= 0.6 is 0 Å². The molecule has 2 fully saturated rings. The van der Waals surface area contributed by atoms with Gasteiger partial charge in [-0.05, 0) is 51.0 Å². The van der Waals surface area contributed by atoms with Gasteiger partial charge in [0.25, 0.3) is 0 Å². The van der Waals surface area contributed by atoms with E-state index >= 15 is 0 Å². The third kappa shape index (κ3) is 3.95. The van der Waals surface area contributed by atoms with Gasteiger partial charge in [-0.25, -0.2) is 0 Å². The second-order valence-electron chi connectivity index (χ2n) is 6.88. The first-order valence-corrected chi connectivity index (χ1v) is 8.11. The van der Waals surface area contributed by atoms with Crippen LogP contribution < -0.4 is 10.6 Å². The van der Waals surface area contributed by atoms with Gasteiger partial charge in [-0.1, -0.05) is 26.7 Å². The Bertz CT molecular complexity index is 303. The minimum absolute atomic E-state index is 0.228. The van der Waals surface area contributed by atoms with Crippen molar-refractivity contribution in [1.82, 2.24) is 10.6 Å². The molecule has 0 aromatic rings. The zero-order valence-electron chi connectivity index (χ0n) is 12.7. The van der Waals surface area contributed by atoms with Crippen LogP contribution in [0.3, 0.4) is 0 Å². The van der Waals surface area contributed by atoms with E-state index < -0.39 is 0 Å². The number of carbonyl (C=O) groups is 1. The summed E-state index contributed by atoms with van der Waals surface area (Å²) in [7, 11) is 0. The summed E-state index contributed by atoms with van der Waals surface area (Å²) in [5.41, 5.74) is 0. The molecule has 2 rings (SSSR count). The largest absolute Gasteiger partial charge is 0.353 e. The third-order valence-electron chi connectivity index (χ3n) is 5.00. The fourth-order valence-electron chi connectivity index (χ4n) is 3.81. The second-order valence-corrected chi connectivity index (χ2v) is 6.88. The van der Waals surface area contributed by atoms with Gasteiger partial charge < -0.3 is 10.6 Å². The van der Waals surface area contributed by atoms with E-state index in [-0.39, 0.29) is 5.92 Å². The summed E-state index contributed by atoms with van der Waals surface area (Å²) >= 11 is 0. The Labute approximate surface area is 117 Å². The maximum Gasteiger partial charge on any atom is 0.223 e. The predicted molar refractivity (Wildman–Crippen MR) is 78.9 cm³/mol. The molecule has 1 saturated carbocycles. The van der Waals surface area contributed by atoms with Gasteiger partial charge >= 0.3 is 0 Å². The quantitative estimate of drug-likeness (QED) is 0.824. The molecule has 3 nitrogen and oxygen atoms in total. The average Bonchev–Trinajstić information content (AvgIpc) is 2.39. The van der Waals surface area contributed by atoms with Crippen LogP contribution in [-0.2, 0) is 4.79 Å². The average molecular weight is 266 g/mol. The van der Waals surface area contributed by atoms with Crippen molar-refractivity contribution in [2.75, 3.05) is 6.54 Å². The van der Waals surface area contributed by atoms with E-state index in [9.17, 15) is 4.79 Å². The Hall–Kier alpha value is -0.570. The molecule has 4 unspecified atom stereocenters. The van der Waals surface area contributed by atoms with Crippen LogP contribution in [0, 0.1) is 17.8 Å². The Morgan fingerprint density at radius 3 is 2.63 bits per heavy atom. The molecule has 1 saturated heterocycles. The Morgan fingerprint density at radius 2 is 1.95 bits per heavy atom. The summed E-state index contributed by atoms with van der Waals surface area (Å²) in [6.45, 7) is 7.75. The lowest BCUT2D eigenvalue weighted by atomic mass is 9.77. The van der Waals surface area contributed by atoms with Crippen molar-refractivity contribution in [3.05, 3.63) is 0 Å². The van der Waals surface area contributed by atoms with E-state index in [0.717, 1.165) is 19.4 Å². The minimum atomic E-state index is 0.228. The minimum Gasteiger partial charge on any atom is -0.353 e. The molecule has 19 heavy (non-hydrogen) atoms. The molecule has 3 heteroatoms. The molecular formula is C16H30N2O. The number of piperidine rings is 1. The predicted octanol–water partition coefficient (Wildman–Crippen LogP) is 2.71. The maximum absolute atomic E-state index is 12.4. The summed E-state index contributed by atoms with van der Waals surface area (Å²) in [5, 5.41) is 6.79. The van der Waals surface area contributed by atoms with Gasteiger partial charge in [0.1, 0.15) is 0 Å². The fourth-order valence-corrected chi connectivity index (χ4v) is 3.81. The highest BCUT2D eigenvalue weighted by Crippen LogP contribution is 2.30. The number of carbonyl (C=O) groups excluding carboxylic acids is 1. The number of hydrogen-bond acceptors (Lipinski definition) is 2. The van der Waals surface area contributed by atoms with Gasteiger partial charge in [0.05, 0.1) is 0 Å². The summed E-state index contributed by atoms with van der Waals surface area (Å²) < 4.78 is 0. The molecule has 1 aliphatic carbocycles. The van der Waals surface area contributed by atoms with Crippen molar-refractivity contribution in [3.63, 3.8) is 0 Å². The zero-order valence-corrected chi connectivity index (χ0v) is 12.7.